The molecule has 0 aromatic heterocycles. The van der Waals surface area contributed by atoms with Crippen molar-refractivity contribution < 1.29 is 37.9 Å². The second kappa shape index (κ2) is 20.4. The van der Waals surface area contributed by atoms with Gasteiger partial charge in [0.2, 0.25) is 0 Å². The maximum absolute atomic E-state index is 12.1. The molecule has 0 fully saturated rings. The molecule has 0 saturated heterocycles. The summed E-state index contributed by atoms with van der Waals surface area (Å²) in [7, 11) is -4.71. The van der Waals surface area contributed by atoms with Gasteiger partial charge in [0.05, 0.1) is 6.61 Å². The molecule has 9 heteroatoms. The van der Waals surface area contributed by atoms with Crippen LogP contribution in [0.2, 0.25) is 0 Å². The fraction of sp³-hybridized carbons (Fsp3) is 0.826. The molecule has 2 N–H and O–H groups in total. The molecule has 32 heavy (non-hydrogen) atoms. The SMILES string of the molecule is CCCCC/C=C\CCCCCCCC(=O)OC(COC(=O)CCCC)COP(=O)(O)O. The lowest BCUT2D eigenvalue weighted by Gasteiger charge is -2.18. The van der Waals surface area contributed by atoms with Crippen molar-refractivity contribution in [2.45, 2.75) is 110 Å². The summed E-state index contributed by atoms with van der Waals surface area (Å²) in [6, 6.07) is 0. The minimum Gasteiger partial charge on any atom is -0.462 e. The molecule has 0 aliphatic rings. The van der Waals surface area contributed by atoms with Crippen LogP contribution < -0.4 is 0 Å². The molecule has 0 heterocycles. The molecule has 0 aliphatic heterocycles. The number of ether oxygens (including phenoxy) is 2. The average molecular weight is 479 g/mol. The summed E-state index contributed by atoms with van der Waals surface area (Å²) in [4.78, 5) is 41.4. The summed E-state index contributed by atoms with van der Waals surface area (Å²) >= 11 is 0. The fourth-order valence-electron chi connectivity index (χ4n) is 2.93. The Bertz CT molecular complexity index is 558. The molecule has 0 aliphatic carbocycles. The highest BCUT2D eigenvalue weighted by Gasteiger charge is 2.22. The van der Waals surface area contributed by atoms with Gasteiger partial charge in [0.15, 0.2) is 6.10 Å². The van der Waals surface area contributed by atoms with Crippen molar-refractivity contribution in [2.24, 2.45) is 0 Å². The number of rotatable bonds is 21. The van der Waals surface area contributed by atoms with Gasteiger partial charge in [0.1, 0.15) is 6.61 Å². The molecule has 0 aromatic carbocycles. The molecular formula is C23H43O8P. The number of carbonyl (C=O) groups excluding carboxylic acids is 2. The van der Waals surface area contributed by atoms with E-state index < -0.39 is 32.5 Å². The van der Waals surface area contributed by atoms with E-state index in [-0.39, 0.29) is 19.4 Å². The van der Waals surface area contributed by atoms with E-state index in [0.717, 1.165) is 44.9 Å². The topological polar surface area (TPSA) is 119 Å². The Balaban J connectivity index is 4.03. The summed E-state index contributed by atoms with van der Waals surface area (Å²) in [5.74, 6) is -0.941. The van der Waals surface area contributed by atoms with Gasteiger partial charge in [-0.25, -0.2) is 4.57 Å². The molecule has 0 aromatic rings. The minimum absolute atomic E-state index is 0.202. The van der Waals surface area contributed by atoms with Crippen molar-refractivity contribution in [3.8, 4) is 0 Å². The zero-order valence-electron chi connectivity index (χ0n) is 19.8. The van der Waals surface area contributed by atoms with Crippen LogP contribution in [0.3, 0.4) is 0 Å². The van der Waals surface area contributed by atoms with Gasteiger partial charge in [-0.15, -0.1) is 0 Å². The fourth-order valence-corrected chi connectivity index (χ4v) is 3.29. The van der Waals surface area contributed by atoms with Crippen LogP contribution in [0.5, 0.6) is 0 Å². The normalized spacial score (nSPS) is 12.8. The molecule has 188 valence electrons. The van der Waals surface area contributed by atoms with E-state index in [2.05, 4.69) is 23.6 Å². The van der Waals surface area contributed by atoms with E-state index in [4.69, 9.17) is 19.3 Å². The zero-order valence-corrected chi connectivity index (χ0v) is 20.7. The average Bonchev–Trinajstić information content (AvgIpc) is 2.74. The van der Waals surface area contributed by atoms with Gasteiger partial charge >= 0.3 is 19.8 Å². The van der Waals surface area contributed by atoms with Gasteiger partial charge in [-0.2, -0.15) is 0 Å². The lowest BCUT2D eigenvalue weighted by Crippen LogP contribution is -2.29. The first-order valence-corrected chi connectivity index (χ1v) is 13.5. The van der Waals surface area contributed by atoms with E-state index in [1.165, 1.54) is 19.3 Å². The molecule has 1 unspecified atom stereocenters. The Morgan fingerprint density at radius 3 is 1.97 bits per heavy atom. The Morgan fingerprint density at radius 2 is 1.34 bits per heavy atom. The summed E-state index contributed by atoms with van der Waals surface area (Å²) in [6.45, 7) is 3.32. The van der Waals surface area contributed by atoms with E-state index in [0.29, 0.717) is 12.8 Å². The van der Waals surface area contributed by atoms with Crippen molar-refractivity contribution in [3.63, 3.8) is 0 Å². The first-order valence-electron chi connectivity index (χ1n) is 12.0. The van der Waals surface area contributed by atoms with Gasteiger partial charge in [0.25, 0.3) is 0 Å². The lowest BCUT2D eigenvalue weighted by atomic mass is 10.1. The van der Waals surface area contributed by atoms with Crippen LogP contribution in [-0.4, -0.2) is 41.0 Å². The smallest absolute Gasteiger partial charge is 0.462 e. The molecule has 0 bridgehead atoms. The molecule has 0 radical (unpaired) electrons. The number of allylic oxidation sites excluding steroid dienone is 2. The Labute approximate surface area is 193 Å². The number of phosphoric acid groups is 1. The highest BCUT2D eigenvalue weighted by Crippen LogP contribution is 2.35. The summed E-state index contributed by atoms with van der Waals surface area (Å²) in [5.41, 5.74) is 0. The van der Waals surface area contributed by atoms with Crippen LogP contribution in [0, 0.1) is 0 Å². The molecule has 1 atom stereocenters. The van der Waals surface area contributed by atoms with Crippen molar-refractivity contribution >= 4 is 19.8 Å². The third-order valence-electron chi connectivity index (χ3n) is 4.78. The van der Waals surface area contributed by atoms with Crippen molar-refractivity contribution in [1.29, 1.82) is 0 Å². The van der Waals surface area contributed by atoms with E-state index >= 15 is 0 Å². The van der Waals surface area contributed by atoms with Crippen molar-refractivity contribution in [2.75, 3.05) is 13.2 Å². The maximum atomic E-state index is 12.1. The number of unbranched alkanes of at least 4 members (excludes halogenated alkanes) is 9. The van der Waals surface area contributed by atoms with Crippen LogP contribution in [-0.2, 0) is 28.2 Å². The number of hydrogen-bond acceptors (Lipinski definition) is 6. The molecular weight excluding hydrogens is 435 g/mol. The van der Waals surface area contributed by atoms with Crippen molar-refractivity contribution in [3.05, 3.63) is 12.2 Å². The summed E-state index contributed by atoms with van der Waals surface area (Å²) in [5, 5.41) is 0. The van der Waals surface area contributed by atoms with Crippen LogP contribution >= 0.6 is 7.82 Å². The van der Waals surface area contributed by atoms with E-state index in [1.54, 1.807) is 0 Å². The lowest BCUT2D eigenvalue weighted by molar-refractivity contribution is -0.161. The molecule has 8 nitrogen and oxygen atoms in total. The number of hydrogen-bond donors (Lipinski definition) is 2. The highest BCUT2D eigenvalue weighted by molar-refractivity contribution is 7.46. The maximum Gasteiger partial charge on any atom is 0.469 e. The van der Waals surface area contributed by atoms with Crippen molar-refractivity contribution in [1.82, 2.24) is 0 Å². The number of carbonyl (C=O) groups is 2. The largest absolute Gasteiger partial charge is 0.469 e. The predicted molar refractivity (Wildman–Crippen MR) is 124 cm³/mol. The Morgan fingerprint density at radius 1 is 0.781 bits per heavy atom. The van der Waals surface area contributed by atoms with Crippen LogP contribution in [0.4, 0.5) is 0 Å². The van der Waals surface area contributed by atoms with Gasteiger partial charge in [0, 0.05) is 12.8 Å². The van der Waals surface area contributed by atoms with Crippen LogP contribution in [0.1, 0.15) is 104 Å². The van der Waals surface area contributed by atoms with Crippen LogP contribution in [0.25, 0.3) is 0 Å². The first-order chi connectivity index (χ1) is 15.3. The highest BCUT2D eigenvalue weighted by atomic mass is 31.2. The quantitative estimate of drug-likeness (QED) is 0.0946. The molecule has 0 rings (SSSR count). The second-order valence-corrected chi connectivity index (χ2v) is 9.20. The minimum atomic E-state index is -4.71. The van der Waals surface area contributed by atoms with Crippen LogP contribution in [0.15, 0.2) is 12.2 Å². The first kappa shape index (κ1) is 30.8. The standard InChI is InChI=1S/C23H43O8P/c1-3-5-7-8-9-10-11-12-13-14-15-16-18-23(25)31-21(20-30-32(26,27)28)19-29-22(24)17-6-4-2/h9-10,21H,3-8,11-20H2,1-2H3,(H2,26,27,28)/b10-9-. The molecule has 0 spiro atoms. The monoisotopic (exact) mass is 478 g/mol. The third-order valence-corrected chi connectivity index (χ3v) is 5.27. The van der Waals surface area contributed by atoms with Gasteiger partial charge in [-0.3, -0.25) is 14.1 Å². The van der Waals surface area contributed by atoms with Gasteiger partial charge in [-0.05, 0) is 38.5 Å². The second-order valence-electron chi connectivity index (χ2n) is 7.96. The molecule has 0 saturated carbocycles. The Kier molecular flexibility index (Phi) is 19.6. The summed E-state index contributed by atoms with van der Waals surface area (Å²) < 4.78 is 25.6. The van der Waals surface area contributed by atoms with E-state index in [9.17, 15) is 14.2 Å². The summed E-state index contributed by atoms with van der Waals surface area (Å²) in [6.07, 6.45) is 16.3. The zero-order chi connectivity index (χ0) is 24.1. The predicted octanol–water partition coefficient (Wildman–Crippen LogP) is 5.61. The molecule has 0 amide bonds. The van der Waals surface area contributed by atoms with Gasteiger partial charge < -0.3 is 19.3 Å². The third kappa shape index (κ3) is 22.0. The van der Waals surface area contributed by atoms with Gasteiger partial charge in [-0.1, -0.05) is 64.5 Å². The number of esters is 2. The number of phosphoric ester groups is 1. The Hall–Kier alpha value is -1.21. The van der Waals surface area contributed by atoms with E-state index in [1.807, 2.05) is 6.92 Å².